The highest BCUT2D eigenvalue weighted by Gasteiger charge is 2.34. The first-order valence-corrected chi connectivity index (χ1v) is 4.67. The van der Waals surface area contributed by atoms with Gasteiger partial charge in [-0.1, -0.05) is 18.1 Å². The van der Waals surface area contributed by atoms with Gasteiger partial charge in [0.25, 0.3) is 11.8 Å². The van der Waals surface area contributed by atoms with Gasteiger partial charge < -0.3 is 0 Å². The lowest BCUT2D eigenvalue weighted by molar-refractivity contribution is 0.0675. The smallest absolute Gasteiger partial charge is 0.262 e. The van der Waals surface area contributed by atoms with Gasteiger partial charge in [-0.05, 0) is 23.7 Å². The molecule has 0 spiro atoms. The summed E-state index contributed by atoms with van der Waals surface area (Å²) < 4.78 is 0. The lowest BCUT2D eigenvalue weighted by Gasteiger charge is -2.08. The number of halogens is 1. The summed E-state index contributed by atoms with van der Waals surface area (Å²) in [6, 6.07) is 6.70. The van der Waals surface area contributed by atoms with Gasteiger partial charge in [-0.15, -0.1) is 0 Å². The number of hydrogen-bond acceptors (Lipinski definition) is 2. The molecule has 0 aromatic heterocycles. The van der Waals surface area contributed by atoms with Gasteiger partial charge in [0.1, 0.15) is 0 Å². The van der Waals surface area contributed by atoms with E-state index in [9.17, 15) is 9.59 Å². The highest BCUT2D eigenvalue weighted by molar-refractivity contribution is 6.30. The van der Waals surface area contributed by atoms with E-state index in [1.807, 2.05) is 0 Å². The van der Waals surface area contributed by atoms with Gasteiger partial charge in [0, 0.05) is 5.38 Å². The predicted molar refractivity (Wildman–Crippen MR) is 55.4 cm³/mol. The van der Waals surface area contributed by atoms with E-state index in [2.05, 4.69) is 11.3 Å². The first-order chi connectivity index (χ1) is 7.25. The summed E-state index contributed by atoms with van der Waals surface area (Å²) in [5.41, 5.74) is 0.859. The van der Waals surface area contributed by atoms with E-state index in [0.717, 1.165) is 4.90 Å². The second kappa shape index (κ2) is 3.76. The molecule has 0 atom stereocenters. The third-order valence-electron chi connectivity index (χ3n) is 2.18. The van der Waals surface area contributed by atoms with Gasteiger partial charge in [-0.2, -0.15) is 0 Å². The molecule has 4 heteroatoms. The fraction of sp³-hybridized carbons (Fsp3) is 0.0909. The fourth-order valence-corrected chi connectivity index (χ4v) is 1.55. The number of fused-ring (bicyclic) bond motifs is 1. The summed E-state index contributed by atoms with van der Waals surface area (Å²) in [6.45, 7) is 0.0375. The van der Waals surface area contributed by atoms with Crippen LogP contribution in [0.3, 0.4) is 0 Å². The minimum Gasteiger partial charge on any atom is -0.269 e. The first kappa shape index (κ1) is 9.75. The molecular weight excluding hydrogens is 214 g/mol. The molecule has 1 aliphatic heterocycles. The largest absolute Gasteiger partial charge is 0.269 e. The van der Waals surface area contributed by atoms with Crippen molar-refractivity contribution in [3.05, 3.63) is 35.4 Å². The maximum Gasteiger partial charge on any atom is 0.262 e. The Morgan fingerprint density at radius 3 is 2.13 bits per heavy atom. The standard InChI is InChI=1S/C11H6ClNO2/c12-6-3-7-13-10(14)8-4-1-2-5-9(8)11(13)15/h1-2,4-5H,7H2. The number of carbonyl (C=O) groups excluding carboxylic acids is 2. The van der Waals surface area contributed by atoms with Crippen molar-refractivity contribution in [3.63, 3.8) is 0 Å². The van der Waals surface area contributed by atoms with Crippen LogP contribution in [0.4, 0.5) is 0 Å². The molecule has 1 aromatic rings. The van der Waals surface area contributed by atoms with Crippen LogP contribution in [0.5, 0.6) is 0 Å². The van der Waals surface area contributed by atoms with Crippen LogP contribution in [0.15, 0.2) is 24.3 Å². The SMILES string of the molecule is O=C1c2ccccc2C(=O)N1CC#CCl. The predicted octanol–water partition coefficient (Wildman–Crippen LogP) is 1.48. The molecule has 1 aliphatic rings. The minimum atomic E-state index is -0.310. The van der Waals surface area contributed by atoms with Gasteiger partial charge in [-0.3, -0.25) is 14.5 Å². The molecule has 74 valence electrons. The molecule has 1 aromatic carbocycles. The summed E-state index contributed by atoms with van der Waals surface area (Å²) in [4.78, 5) is 24.5. The Bertz CT molecular complexity index is 464. The maximum atomic E-state index is 11.7. The topological polar surface area (TPSA) is 37.4 Å². The van der Waals surface area contributed by atoms with E-state index < -0.39 is 0 Å². The summed E-state index contributed by atoms with van der Waals surface area (Å²) in [7, 11) is 0. The van der Waals surface area contributed by atoms with Crippen LogP contribution in [0.1, 0.15) is 20.7 Å². The molecule has 2 amide bonds. The van der Waals surface area contributed by atoms with Crippen molar-refractivity contribution >= 4 is 23.4 Å². The van der Waals surface area contributed by atoms with Crippen molar-refractivity contribution in [1.82, 2.24) is 4.90 Å². The van der Waals surface area contributed by atoms with Crippen molar-refractivity contribution in [1.29, 1.82) is 0 Å². The van der Waals surface area contributed by atoms with Gasteiger partial charge >= 0.3 is 0 Å². The Morgan fingerprint density at radius 2 is 1.67 bits per heavy atom. The molecular formula is C11H6ClNO2. The van der Waals surface area contributed by atoms with Gasteiger partial charge in [-0.25, -0.2) is 0 Å². The van der Waals surface area contributed by atoms with E-state index in [1.54, 1.807) is 24.3 Å². The van der Waals surface area contributed by atoms with Gasteiger partial charge in [0.05, 0.1) is 17.7 Å². The van der Waals surface area contributed by atoms with E-state index in [1.165, 1.54) is 0 Å². The average molecular weight is 220 g/mol. The van der Waals surface area contributed by atoms with Crippen molar-refractivity contribution in [3.8, 4) is 11.3 Å². The second-order valence-electron chi connectivity index (χ2n) is 3.01. The molecule has 3 nitrogen and oxygen atoms in total. The van der Waals surface area contributed by atoms with Crippen LogP contribution in [-0.4, -0.2) is 23.3 Å². The van der Waals surface area contributed by atoms with Crippen molar-refractivity contribution < 1.29 is 9.59 Å². The first-order valence-electron chi connectivity index (χ1n) is 4.29. The molecule has 0 radical (unpaired) electrons. The Labute approximate surface area is 91.6 Å². The minimum absolute atomic E-state index is 0.0375. The van der Waals surface area contributed by atoms with Crippen molar-refractivity contribution in [2.75, 3.05) is 6.54 Å². The normalized spacial score (nSPS) is 13.5. The number of benzene rings is 1. The monoisotopic (exact) mass is 219 g/mol. The lowest BCUT2D eigenvalue weighted by atomic mass is 10.1. The molecule has 0 N–H and O–H groups in total. The molecule has 0 saturated carbocycles. The highest BCUT2D eigenvalue weighted by atomic mass is 35.5. The number of hydrogen-bond donors (Lipinski definition) is 0. The number of imide groups is 1. The Morgan fingerprint density at radius 1 is 1.13 bits per heavy atom. The van der Waals surface area contributed by atoms with E-state index >= 15 is 0 Å². The molecule has 0 aliphatic carbocycles. The van der Waals surface area contributed by atoms with Gasteiger partial charge in [0.15, 0.2) is 0 Å². The molecule has 15 heavy (non-hydrogen) atoms. The number of carbonyl (C=O) groups is 2. The molecule has 0 saturated heterocycles. The highest BCUT2D eigenvalue weighted by Crippen LogP contribution is 2.21. The molecule has 1 heterocycles. The summed E-state index contributed by atoms with van der Waals surface area (Å²) >= 11 is 5.18. The van der Waals surface area contributed by atoms with Crippen LogP contribution >= 0.6 is 11.6 Å². The molecule has 0 unspecified atom stereocenters. The molecule has 0 bridgehead atoms. The quantitative estimate of drug-likeness (QED) is 0.530. The summed E-state index contributed by atoms with van der Waals surface area (Å²) in [5, 5.41) is 2.14. The fourth-order valence-electron chi connectivity index (χ4n) is 1.49. The number of nitrogens with zero attached hydrogens (tertiary/aromatic N) is 1. The summed E-state index contributed by atoms with van der Waals surface area (Å²) in [6.07, 6.45) is 0. The van der Waals surface area contributed by atoms with Crippen LogP contribution in [0.25, 0.3) is 0 Å². The zero-order chi connectivity index (χ0) is 10.8. The Kier molecular flexibility index (Phi) is 2.44. The second-order valence-corrected chi connectivity index (χ2v) is 3.20. The molecule has 0 fully saturated rings. The van der Waals surface area contributed by atoms with Crippen molar-refractivity contribution in [2.24, 2.45) is 0 Å². The van der Waals surface area contributed by atoms with Crippen molar-refractivity contribution in [2.45, 2.75) is 0 Å². The van der Waals surface area contributed by atoms with E-state index in [-0.39, 0.29) is 18.4 Å². The van der Waals surface area contributed by atoms with Crippen LogP contribution in [-0.2, 0) is 0 Å². The van der Waals surface area contributed by atoms with E-state index in [0.29, 0.717) is 11.1 Å². The third kappa shape index (κ3) is 1.49. The average Bonchev–Trinajstić information content (AvgIpc) is 2.51. The van der Waals surface area contributed by atoms with Crippen LogP contribution in [0, 0.1) is 11.3 Å². The van der Waals surface area contributed by atoms with Crippen LogP contribution in [0.2, 0.25) is 0 Å². The number of amides is 2. The maximum absolute atomic E-state index is 11.7. The zero-order valence-electron chi connectivity index (χ0n) is 7.66. The Balaban J connectivity index is 2.39. The molecule has 2 rings (SSSR count). The lowest BCUT2D eigenvalue weighted by Crippen LogP contribution is -2.29. The van der Waals surface area contributed by atoms with E-state index in [4.69, 9.17) is 11.6 Å². The zero-order valence-corrected chi connectivity index (χ0v) is 8.41. The van der Waals surface area contributed by atoms with Crippen LogP contribution < -0.4 is 0 Å². The van der Waals surface area contributed by atoms with Gasteiger partial charge in [0.2, 0.25) is 0 Å². The summed E-state index contributed by atoms with van der Waals surface area (Å²) in [5.74, 6) is 1.87. The third-order valence-corrected chi connectivity index (χ3v) is 2.32. The number of rotatable bonds is 1. The Hall–Kier alpha value is -1.79.